The van der Waals surface area contributed by atoms with Crippen molar-refractivity contribution in [3.63, 3.8) is 0 Å². The zero-order valence-electron chi connectivity index (χ0n) is 17.6. The lowest BCUT2D eigenvalue weighted by atomic mass is 9.84. The Morgan fingerprint density at radius 2 is 1.43 bits per heavy atom. The van der Waals surface area contributed by atoms with E-state index >= 15 is 0 Å². The summed E-state index contributed by atoms with van der Waals surface area (Å²) in [6.07, 6.45) is 1.75. The molecule has 0 aliphatic carbocycles. The van der Waals surface area contributed by atoms with Crippen LogP contribution in [0.4, 0.5) is 0 Å². The summed E-state index contributed by atoms with van der Waals surface area (Å²) in [6.45, 7) is 8.62. The molecule has 2 aromatic carbocycles. The Kier molecular flexibility index (Phi) is 7.41. The predicted molar refractivity (Wildman–Crippen MR) is 115 cm³/mol. The number of rotatable bonds is 8. The first-order chi connectivity index (χ1) is 14.6. The van der Waals surface area contributed by atoms with E-state index in [0.29, 0.717) is 6.54 Å². The summed E-state index contributed by atoms with van der Waals surface area (Å²) in [4.78, 5) is 28.3. The van der Waals surface area contributed by atoms with Crippen molar-refractivity contribution in [2.45, 2.75) is 32.5 Å². The normalized spacial score (nSPS) is 23.7. The molecule has 1 saturated heterocycles. The van der Waals surface area contributed by atoms with E-state index in [1.54, 1.807) is 19.9 Å². The fourth-order valence-electron chi connectivity index (χ4n) is 4.37. The van der Waals surface area contributed by atoms with Crippen molar-refractivity contribution in [1.29, 1.82) is 0 Å². The van der Waals surface area contributed by atoms with Crippen LogP contribution in [0.3, 0.4) is 0 Å². The summed E-state index contributed by atoms with van der Waals surface area (Å²) in [6, 6.07) is 19.1. The van der Waals surface area contributed by atoms with E-state index in [1.165, 1.54) is 0 Å². The van der Waals surface area contributed by atoms with Gasteiger partial charge in [0.05, 0.1) is 25.0 Å². The van der Waals surface area contributed by atoms with E-state index < -0.39 is 17.8 Å². The lowest BCUT2D eigenvalue weighted by Crippen LogP contribution is -2.36. The Labute approximate surface area is 178 Å². The zero-order chi connectivity index (χ0) is 21.5. The van der Waals surface area contributed by atoms with Crippen molar-refractivity contribution in [1.82, 2.24) is 4.90 Å². The second-order valence-corrected chi connectivity index (χ2v) is 7.30. The Bertz CT molecular complexity index is 852. The van der Waals surface area contributed by atoms with Gasteiger partial charge in [-0.3, -0.25) is 14.5 Å². The van der Waals surface area contributed by atoms with E-state index in [1.807, 2.05) is 60.7 Å². The molecule has 0 bridgehead atoms. The molecule has 0 spiro atoms. The smallest absolute Gasteiger partial charge is 0.311 e. The molecule has 1 heterocycles. The van der Waals surface area contributed by atoms with E-state index in [9.17, 15) is 9.59 Å². The van der Waals surface area contributed by atoms with E-state index in [-0.39, 0.29) is 31.3 Å². The minimum absolute atomic E-state index is 0.253. The highest BCUT2D eigenvalue weighted by Gasteiger charge is 2.55. The zero-order valence-corrected chi connectivity index (χ0v) is 17.6. The Balaban J connectivity index is 2.11. The molecule has 5 nitrogen and oxygen atoms in total. The van der Waals surface area contributed by atoms with Crippen LogP contribution in [0.15, 0.2) is 73.3 Å². The summed E-state index contributed by atoms with van der Waals surface area (Å²) < 4.78 is 10.8. The molecular weight excluding hydrogens is 378 g/mol. The summed E-state index contributed by atoms with van der Waals surface area (Å²) in [5.74, 6) is -2.14. The molecule has 0 aromatic heterocycles. The highest BCUT2D eigenvalue weighted by molar-refractivity contribution is 5.85. The first-order valence-electron chi connectivity index (χ1n) is 10.4. The average molecular weight is 408 g/mol. The molecule has 2 aromatic rings. The van der Waals surface area contributed by atoms with Crippen LogP contribution in [-0.2, 0) is 25.6 Å². The van der Waals surface area contributed by atoms with Crippen LogP contribution < -0.4 is 0 Å². The summed E-state index contributed by atoms with van der Waals surface area (Å²) in [5, 5.41) is 0. The van der Waals surface area contributed by atoms with Crippen molar-refractivity contribution in [2.24, 2.45) is 11.8 Å². The van der Waals surface area contributed by atoms with Crippen LogP contribution in [0, 0.1) is 11.8 Å². The fraction of sp³-hybridized carbons (Fsp3) is 0.360. The standard InChI is InChI=1S/C25H29NO4/c1-4-20-21(24(27)29-5-2)22(25(28)30-6-3)23(19-15-11-8-12-16-19)26(20)17-18-13-9-7-10-14-18/h4,7-16,20-23H,1,5-6,17H2,2-3H3/t20-,21-,22+,23-/m1/s1. The maximum absolute atomic E-state index is 13.1. The molecule has 0 saturated carbocycles. The van der Waals surface area contributed by atoms with Crippen LogP contribution in [0.5, 0.6) is 0 Å². The predicted octanol–water partition coefficient (Wildman–Crippen LogP) is 4.16. The maximum atomic E-state index is 13.1. The first-order valence-corrected chi connectivity index (χ1v) is 10.4. The molecule has 30 heavy (non-hydrogen) atoms. The molecule has 0 N–H and O–H groups in total. The van der Waals surface area contributed by atoms with Gasteiger partial charge in [0.15, 0.2) is 0 Å². The third kappa shape index (κ3) is 4.46. The minimum atomic E-state index is -0.685. The number of carbonyl (C=O) groups excluding carboxylic acids is 2. The highest BCUT2D eigenvalue weighted by atomic mass is 16.5. The molecule has 5 heteroatoms. The number of nitrogens with zero attached hydrogens (tertiary/aromatic N) is 1. The fourth-order valence-corrected chi connectivity index (χ4v) is 4.37. The minimum Gasteiger partial charge on any atom is -0.466 e. The molecule has 0 unspecified atom stereocenters. The number of ether oxygens (including phenoxy) is 2. The second kappa shape index (κ2) is 10.2. The van der Waals surface area contributed by atoms with Gasteiger partial charge < -0.3 is 9.47 Å². The van der Waals surface area contributed by atoms with Crippen molar-refractivity contribution in [3.05, 3.63) is 84.4 Å². The molecule has 4 atom stereocenters. The SMILES string of the molecule is C=C[C@@H]1[C@@H](C(=O)OCC)[C@H](C(=O)OCC)[C@@H](c2ccccc2)N1Cc1ccccc1. The first kappa shape index (κ1) is 21.8. The highest BCUT2D eigenvalue weighted by Crippen LogP contribution is 2.47. The van der Waals surface area contributed by atoms with Gasteiger partial charge in [-0.25, -0.2) is 0 Å². The Hall–Kier alpha value is -2.92. The van der Waals surface area contributed by atoms with Crippen LogP contribution in [0.2, 0.25) is 0 Å². The molecule has 1 fully saturated rings. The number of esters is 2. The molecule has 1 aliphatic heterocycles. The van der Waals surface area contributed by atoms with E-state index in [2.05, 4.69) is 11.5 Å². The van der Waals surface area contributed by atoms with Crippen LogP contribution in [-0.4, -0.2) is 36.1 Å². The van der Waals surface area contributed by atoms with Gasteiger partial charge >= 0.3 is 11.9 Å². The molecule has 3 rings (SSSR count). The van der Waals surface area contributed by atoms with Gasteiger partial charge in [0.1, 0.15) is 0 Å². The van der Waals surface area contributed by atoms with E-state index in [0.717, 1.165) is 11.1 Å². The van der Waals surface area contributed by atoms with Gasteiger partial charge in [-0.15, -0.1) is 6.58 Å². The van der Waals surface area contributed by atoms with Gasteiger partial charge in [0, 0.05) is 18.6 Å². The number of benzene rings is 2. The number of likely N-dealkylation sites (tertiary alicyclic amines) is 1. The van der Waals surface area contributed by atoms with Crippen LogP contribution in [0.25, 0.3) is 0 Å². The lowest BCUT2D eigenvalue weighted by Gasteiger charge is -2.30. The molecule has 1 aliphatic rings. The third-order valence-electron chi connectivity index (χ3n) is 5.54. The van der Waals surface area contributed by atoms with Crippen LogP contribution in [0.1, 0.15) is 31.0 Å². The molecule has 0 radical (unpaired) electrons. The van der Waals surface area contributed by atoms with Gasteiger partial charge in [0.25, 0.3) is 0 Å². The third-order valence-corrected chi connectivity index (χ3v) is 5.54. The summed E-state index contributed by atoms with van der Waals surface area (Å²) in [7, 11) is 0. The second-order valence-electron chi connectivity index (χ2n) is 7.30. The van der Waals surface area contributed by atoms with Gasteiger partial charge in [-0.05, 0) is 25.0 Å². The maximum Gasteiger partial charge on any atom is 0.311 e. The van der Waals surface area contributed by atoms with Crippen LogP contribution >= 0.6 is 0 Å². The number of carbonyl (C=O) groups is 2. The van der Waals surface area contributed by atoms with Gasteiger partial charge in [-0.2, -0.15) is 0 Å². The van der Waals surface area contributed by atoms with Gasteiger partial charge in [-0.1, -0.05) is 66.7 Å². The quantitative estimate of drug-likeness (QED) is 0.486. The van der Waals surface area contributed by atoms with Crippen molar-refractivity contribution in [3.8, 4) is 0 Å². The van der Waals surface area contributed by atoms with Crippen molar-refractivity contribution in [2.75, 3.05) is 13.2 Å². The van der Waals surface area contributed by atoms with Crippen molar-refractivity contribution < 1.29 is 19.1 Å². The number of hydrogen-bond acceptors (Lipinski definition) is 5. The Morgan fingerprint density at radius 3 is 1.97 bits per heavy atom. The molecule has 0 amide bonds. The van der Waals surface area contributed by atoms with E-state index in [4.69, 9.17) is 9.47 Å². The summed E-state index contributed by atoms with van der Waals surface area (Å²) in [5.41, 5.74) is 2.06. The van der Waals surface area contributed by atoms with Gasteiger partial charge in [0.2, 0.25) is 0 Å². The Morgan fingerprint density at radius 1 is 0.900 bits per heavy atom. The average Bonchev–Trinajstić information content (AvgIpc) is 3.09. The summed E-state index contributed by atoms with van der Waals surface area (Å²) >= 11 is 0. The number of hydrogen-bond donors (Lipinski definition) is 0. The van der Waals surface area contributed by atoms with Crippen molar-refractivity contribution >= 4 is 11.9 Å². The molecule has 158 valence electrons. The largest absolute Gasteiger partial charge is 0.466 e. The topological polar surface area (TPSA) is 55.8 Å². The molecular formula is C25H29NO4. The monoisotopic (exact) mass is 407 g/mol. The lowest BCUT2D eigenvalue weighted by molar-refractivity contribution is -0.159.